The minimum absolute atomic E-state index is 0.587. The van der Waals surface area contributed by atoms with Crippen LogP contribution in [0, 0.1) is 0 Å². The Balaban J connectivity index is 1.80. The number of halogens is 1. The lowest BCUT2D eigenvalue weighted by atomic mass is 10.4. The number of nitrogens with zero attached hydrogens (tertiary/aromatic N) is 4. The Hall–Kier alpha value is -0.100. The second-order valence-corrected chi connectivity index (χ2v) is 5.24. The number of tetrazole rings is 1. The normalized spacial score (nSPS) is 16.1. The predicted molar refractivity (Wildman–Crippen MR) is 59.8 cm³/mol. The Kier molecular flexibility index (Phi) is 3.81. The standard InChI is InChI=1S/C8H13BrN4S/c9-5-1-2-6-14-8-10-11-12-13(8)7-3-4-7/h7H,1-6H2. The Morgan fingerprint density at radius 3 is 3.00 bits per heavy atom. The van der Waals surface area contributed by atoms with Gasteiger partial charge in [-0.1, -0.05) is 27.7 Å². The fourth-order valence-electron chi connectivity index (χ4n) is 1.19. The third-order valence-electron chi connectivity index (χ3n) is 2.11. The van der Waals surface area contributed by atoms with Gasteiger partial charge in [0.05, 0.1) is 6.04 Å². The highest BCUT2D eigenvalue weighted by atomic mass is 79.9. The molecule has 0 unspecified atom stereocenters. The van der Waals surface area contributed by atoms with Crippen molar-refractivity contribution < 1.29 is 0 Å². The van der Waals surface area contributed by atoms with Gasteiger partial charge < -0.3 is 0 Å². The van der Waals surface area contributed by atoms with E-state index in [0.29, 0.717) is 6.04 Å². The minimum Gasteiger partial charge on any atom is -0.217 e. The first-order valence-corrected chi connectivity index (χ1v) is 6.99. The van der Waals surface area contributed by atoms with Crippen LogP contribution < -0.4 is 0 Å². The van der Waals surface area contributed by atoms with E-state index in [4.69, 9.17) is 0 Å². The molecular weight excluding hydrogens is 264 g/mol. The summed E-state index contributed by atoms with van der Waals surface area (Å²) in [7, 11) is 0. The fraction of sp³-hybridized carbons (Fsp3) is 0.875. The van der Waals surface area contributed by atoms with Crippen LogP contribution >= 0.6 is 27.7 Å². The fourth-order valence-corrected chi connectivity index (χ4v) is 2.53. The largest absolute Gasteiger partial charge is 0.217 e. The third kappa shape index (κ3) is 2.70. The summed E-state index contributed by atoms with van der Waals surface area (Å²) in [4.78, 5) is 0. The van der Waals surface area contributed by atoms with Crippen LogP contribution in [0.3, 0.4) is 0 Å². The van der Waals surface area contributed by atoms with Gasteiger partial charge in [-0.2, -0.15) is 0 Å². The molecule has 0 amide bonds. The molecule has 1 aromatic rings. The summed E-state index contributed by atoms with van der Waals surface area (Å²) in [5.41, 5.74) is 0. The average Bonchev–Trinajstić information content (AvgIpc) is 2.94. The van der Waals surface area contributed by atoms with Gasteiger partial charge in [0, 0.05) is 11.1 Å². The van der Waals surface area contributed by atoms with Crippen molar-refractivity contribution in [2.45, 2.75) is 36.9 Å². The molecular formula is C8H13BrN4S. The number of rotatable bonds is 6. The van der Waals surface area contributed by atoms with Crippen molar-refractivity contribution in [3.05, 3.63) is 0 Å². The number of aromatic nitrogens is 4. The lowest BCUT2D eigenvalue weighted by Crippen LogP contribution is -1.99. The van der Waals surface area contributed by atoms with Crippen molar-refractivity contribution in [3.8, 4) is 0 Å². The van der Waals surface area contributed by atoms with Crippen molar-refractivity contribution in [2.24, 2.45) is 0 Å². The van der Waals surface area contributed by atoms with E-state index in [1.807, 2.05) is 4.68 Å². The van der Waals surface area contributed by atoms with Gasteiger partial charge in [-0.15, -0.1) is 5.10 Å². The van der Waals surface area contributed by atoms with Crippen LogP contribution in [0.4, 0.5) is 0 Å². The molecule has 14 heavy (non-hydrogen) atoms. The Morgan fingerprint density at radius 2 is 2.29 bits per heavy atom. The number of hydrogen-bond donors (Lipinski definition) is 0. The quantitative estimate of drug-likeness (QED) is 0.454. The smallest absolute Gasteiger partial charge is 0.209 e. The van der Waals surface area contributed by atoms with E-state index < -0.39 is 0 Å². The SMILES string of the molecule is BrCCCCSc1nnnn1C1CC1. The molecule has 0 bridgehead atoms. The van der Waals surface area contributed by atoms with Crippen LogP contribution in [0.15, 0.2) is 5.16 Å². The van der Waals surface area contributed by atoms with Gasteiger partial charge in [-0.3, -0.25) is 0 Å². The molecule has 78 valence electrons. The Labute approximate surface area is 96.0 Å². The van der Waals surface area contributed by atoms with E-state index in [2.05, 4.69) is 31.5 Å². The highest BCUT2D eigenvalue weighted by Crippen LogP contribution is 2.36. The number of thioether (sulfide) groups is 1. The summed E-state index contributed by atoms with van der Waals surface area (Å²) in [5.74, 6) is 1.11. The average molecular weight is 277 g/mol. The lowest BCUT2D eigenvalue weighted by Gasteiger charge is -2.00. The van der Waals surface area contributed by atoms with Gasteiger partial charge >= 0.3 is 0 Å². The zero-order chi connectivity index (χ0) is 9.80. The molecule has 0 saturated heterocycles. The van der Waals surface area contributed by atoms with Crippen molar-refractivity contribution in [3.63, 3.8) is 0 Å². The van der Waals surface area contributed by atoms with Crippen LogP contribution in [0.25, 0.3) is 0 Å². The summed E-state index contributed by atoms with van der Waals surface area (Å²) >= 11 is 5.19. The number of unbranched alkanes of at least 4 members (excludes halogenated alkanes) is 1. The van der Waals surface area contributed by atoms with Crippen molar-refractivity contribution in [1.82, 2.24) is 20.2 Å². The van der Waals surface area contributed by atoms with Crippen LogP contribution in [0.1, 0.15) is 31.7 Å². The maximum absolute atomic E-state index is 4.03. The van der Waals surface area contributed by atoms with Crippen molar-refractivity contribution >= 4 is 27.7 Å². The van der Waals surface area contributed by atoms with Gasteiger partial charge in [-0.25, -0.2) is 4.68 Å². The second-order valence-electron chi connectivity index (χ2n) is 3.38. The van der Waals surface area contributed by atoms with Crippen LogP contribution in [-0.4, -0.2) is 31.3 Å². The zero-order valence-corrected chi connectivity index (χ0v) is 10.3. The summed E-state index contributed by atoms with van der Waals surface area (Å²) in [5, 5.41) is 13.8. The van der Waals surface area contributed by atoms with Gasteiger partial charge in [0.25, 0.3) is 0 Å². The molecule has 4 nitrogen and oxygen atoms in total. The molecule has 1 aliphatic carbocycles. The highest BCUT2D eigenvalue weighted by Gasteiger charge is 2.27. The first-order valence-electron chi connectivity index (χ1n) is 4.88. The van der Waals surface area contributed by atoms with E-state index in [9.17, 15) is 0 Å². The van der Waals surface area contributed by atoms with Gasteiger partial charge in [0.2, 0.25) is 5.16 Å². The molecule has 0 aromatic carbocycles. The van der Waals surface area contributed by atoms with Crippen LogP contribution in [0.5, 0.6) is 0 Å². The molecule has 0 spiro atoms. The second kappa shape index (κ2) is 5.11. The minimum atomic E-state index is 0.587. The summed E-state index contributed by atoms with van der Waals surface area (Å²) < 4.78 is 1.97. The zero-order valence-electron chi connectivity index (χ0n) is 7.90. The molecule has 0 aliphatic heterocycles. The van der Waals surface area contributed by atoms with E-state index in [-0.39, 0.29) is 0 Å². The topological polar surface area (TPSA) is 43.6 Å². The Bertz CT molecular complexity index is 287. The van der Waals surface area contributed by atoms with E-state index >= 15 is 0 Å². The number of hydrogen-bond acceptors (Lipinski definition) is 4. The predicted octanol–water partition coefficient (Wildman–Crippen LogP) is 2.28. The lowest BCUT2D eigenvalue weighted by molar-refractivity contribution is 0.565. The summed E-state index contributed by atoms with van der Waals surface area (Å²) in [6.45, 7) is 0. The molecule has 1 aromatic heterocycles. The van der Waals surface area contributed by atoms with E-state index in [0.717, 1.165) is 16.2 Å². The van der Waals surface area contributed by atoms with Crippen LogP contribution in [-0.2, 0) is 0 Å². The van der Waals surface area contributed by atoms with Gasteiger partial charge in [-0.05, 0) is 36.1 Å². The molecule has 6 heteroatoms. The van der Waals surface area contributed by atoms with E-state index in [1.165, 1.54) is 25.7 Å². The first kappa shape index (κ1) is 10.4. The van der Waals surface area contributed by atoms with Gasteiger partial charge in [0.15, 0.2) is 0 Å². The molecule has 1 aliphatic rings. The molecule has 0 N–H and O–H groups in total. The maximum atomic E-state index is 4.03. The maximum Gasteiger partial charge on any atom is 0.209 e. The van der Waals surface area contributed by atoms with Crippen molar-refractivity contribution in [1.29, 1.82) is 0 Å². The molecule has 2 rings (SSSR count). The molecule has 1 saturated carbocycles. The van der Waals surface area contributed by atoms with Gasteiger partial charge in [0.1, 0.15) is 0 Å². The monoisotopic (exact) mass is 276 g/mol. The summed E-state index contributed by atoms with van der Waals surface area (Å²) in [6.07, 6.45) is 4.91. The first-order chi connectivity index (χ1) is 6.92. The van der Waals surface area contributed by atoms with Crippen LogP contribution in [0.2, 0.25) is 0 Å². The Morgan fingerprint density at radius 1 is 1.43 bits per heavy atom. The van der Waals surface area contributed by atoms with E-state index in [1.54, 1.807) is 11.8 Å². The molecule has 1 fully saturated rings. The molecule has 1 heterocycles. The number of alkyl halides is 1. The highest BCUT2D eigenvalue weighted by molar-refractivity contribution is 9.09. The van der Waals surface area contributed by atoms with Crippen molar-refractivity contribution in [2.75, 3.05) is 11.1 Å². The third-order valence-corrected chi connectivity index (χ3v) is 3.69. The summed E-state index contributed by atoms with van der Waals surface area (Å²) in [6, 6.07) is 0.587. The molecule has 0 radical (unpaired) electrons. The molecule has 0 atom stereocenters.